The van der Waals surface area contributed by atoms with Crippen LogP contribution in [0.25, 0.3) is 11.0 Å². The Bertz CT molecular complexity index is 1070. The topological polar surface area (TPSA) is 98.5 Å². The number of carbonyl (C=O) groups is 2. The highest BCUT2D eigenvalue weighted by molar-refractivity contribution is 7.17. The lowest BCUT2D eigenvalue weighted by Crippen LogP contribution is -2.20. The number of ketones is 1. The van der Waals surface area contributed by atoms with Crippen molar-refractivity contribution in [3.63, 3.8) is 0 Å². The molecule has 0 spiro atoms. The van der Waals surface area contributed by atoms with Gasteiger partial charge in [0.25, 0.3) is 5.91 Å². The van der Waals surface area contributed by atoms with Crippen molar-refractivity contribution >= 4 is 39.1 Å². The molecule has 8 heteroatoms. The number of ether oxygens (including phenoxy) is 1. The molecular weight excluding hydrogens is 356 g/mol. The highest BCUT2D eigenvalue weighted by Gasteiger charge is 2.22. The van der Waals surface area contributed by atoms with Crippen LogP contribution in [0.4, 0.5) is 5.13 Å². The number of nitrogens with one attached hydrogen (secondary N) is 1. The van der Waals surface area contributed by atoms with Gasteiger partial charge in [-0.1, -0.05) is 11.3 Å². The van der Waals surface area contributed by atoms with Crippen LogP contribution in [-0.4, -0.2) is 23.3 Å². The van der Waals surface area contributed by atoms with Crippen molar-refractivity contribution in [3.05, 3.63) is 51.3 Å². The minimum absolute atomic E-state index is 0.0816. The normalized spacial score (nSPS) is 13.5. The van der Waals surface area contributed by atoms with Gasteiger partial charge in [-0.25, -0.2) is 9.78 Å². The average molecular weight is 370 g/mol. The molecule has 1 N–H and O–H groups in total. The van der Waals surface area contributed by atoms with E-state index >= 15 is 0 Å². The Labute approximate surface area is 151 Å². The van der Waals surface area contributed by atoms with E-state index < -0.39 is 5.63 Å². The number of amides is 1. The summed E-state index contributed by atoms with van der Waals surface area (Å²) in [4.78, 5) is 40.1. The summed E-state index contributed by atoms with van der Waals surface area (Å²) in [5.41, 5.74) is 0.697. The van der Waals surface area contributed by atoms with Crippen molar-refractivity contribution in [3.8, 4) is 5.75 Å². The minimum Gasteiger partial charge on any atom is -0.484 e. The molecule has 132 valence electrons. The zero-order valence-electron chi connectivity index (χ0n) is 13.6. The second kappa shape index (κ2) is 6.72. The van der Waals surface area contributed by atoms with Crippen molar-refractivity contribution in [1.29, 1.82) is 0 Å². The van der Waals surface area contributed by atoms with E-state index in [4.69, 9.17) is 9.15 Å². The molecular formula is C18H14N2O5S. The molecule has 0 bridgehead atoms. The molecule has 0 aliphatic heterocycles. The second-order valence-electron chi connectivity index (χ2n) is 5.86. The Kier molecular flexibility index (Phi) is 4.26. The molecule has 1 amide bonds. The molecule has 4 rings (SSSR count). The van der Waals surface area contributed by atoms with E-state index in [-0.39, 0.29) is 18.3 Å². The van der Waals surface area contributed by atoms with E-state index in [9.17, 15) is 14.4 Å². The van der Waals surface area contributed by atoms with E-state index in [0.717, 1.165) is 23.9 Å². The lowest BCUT2D eigenvalue weighted by Gasteiger charge is -2.06. The fourth-order valence-electron chi connectivity index (χ4n) is 2.76. The molecule has 0 fully saturated rings. The van der Waals surface area contributed by atoms with E-state index in [2.05, 4.69) is 10.3 Å². The first-order valence-corrected chi connectivity index (χ1v) is 8.89. The third kappa shape index (κ3) is 3.36. The fourth-order valence-corrected chi connectivity index (χ4v) is 3.75. The van der Waals surface area contributed by atoms with Crippen molar-refractivity contribution in [2.45, 2.75) is 19.3 Å². The SMILES string of the molecule is O=C(COc1ccc2ccc(=O)oc2c1)Nc1nc2c(s1)C(=O)CCC2. The van der Waals surface area contributed by atoms with Gasteiger partial charge in [0.1, 0.15) is 11.3 Å². The van der Waals surface area contributed by atoms with Gasteiger partial charge in [-0.2, -0.15) is 0 Å². The molecule has 1 aromatic carbocycles. The maximum absolute atomic E-state index is 12.1. The number of anilines is 1. The van der Waals surface area contributed by atoms with Gasteiger partial charge in [0.2, 0.25) is 0 Å². The fraction of sp³-hybridized carbons (Fsp3) is 0.222. The van der Waals surface area contributed by atoms with Crippen LogP contribution in [0.15, 0.2) is 39.5 Å². The highest BCUT2D eigenvalue weighted by atomic mass is 32.1. The minimum atomic E-state index is -0.449. The standard InChI is InChI=1S/C18H14N2O5S/c21-13-3-1-2-12-17(13)26-18(19-12)20-15(22)9-24-11-6-4-10-5-7-16(23)25-14(10)8-11/h4-8H,1-3,9H2,(H,19,20,22). The van der Waals surface area contributed by atoms with Crippen LogP contribution in [0.2, 0.25) is 0 Å². The molecule has 7 nitrogen and oxygen atoms in total. The summed E-state index contributed by atoms with van der Waals surface area (Å²) in [6.07, 6.45) is 2.08. The molecule has 2 aromatic heterocycles. The zero-order valence-corrected chi connectivity index (χ0v) is 14.4. The monoisotopic (exact) mass is 370 g/mol. The van der Waals surface area contributed by atoms with Crippen molar-refractivity contribution in [2.75, 3.05) is 11.9 Å². The van der Waals surface area contributed by atoms with Crippen LogP contribution < -0.4 is 15.7 Å². The van der Waals surface area contributed by atoms with Gasteiger partial charge in [0.05, 0.1) is 10.6 Å². The Morgan fingerprint density at radius 3 is 2.92 bits per heavy atom. The van der Waals surface area contributed by atoms with Gasteiger partial charge >= 0.3 is 5.63 Å². The molecule has 0 atom stereocenters. The predicted molar refractivity (Wildman–Crippen MR) is 96.0 cm³/mol. The van der Waals surface area contributed by atoms with E-state index in [1.165, 1.54) is 17.4 Å². The van der Waals surface area contributed by atoms with Crippen molar-refractivity contribution in [2.24, 2.45) is 0 Å². The van der Waals surface area contributed by atoms with Gasteiger partial charge in [-0.05, 0) is 31.0 Å². The van der Waals surface area contributed by atoms with Crippen molar-refractivity contribution in [1.82, 2.24) is 4.98 Å². The van der Waals surface area contributed by atoms with Gasteiger partial charge in [0, 0.05) is 23.9 Å². The summed E-state index contributed by atoms with van der Waals surface area (Å²) in [5, 5.41) is 3.82. The third-order valence-corrected chi connectivity index (χ3v) is 5.03. The molecule has 0 unspecified atom stereocenters. The average Bonchev–Trinajstić information content (AvgIpc) is 3.03. The quantitative estimate of drug-likeness (QED) is 0.709. The van der Waals surface area contributed by atoms with Gasteiger partial charge in [0.15, 0.2) is 17.5 Å². The molecule has 0 radical (unpaired) electrons. The molecule has 0 saturated heterocycles. The molecule has 3 aromatic rings. The molecule has 0 saturated carbocycles. The number of carbonyl (C=O) groups excluding carboxylic acids is 2. The maximum atomic E-state index is 12.1. The first-order chi connectivity index (χ1) is 12.6. The maximum Gasteiger partial charge on any atom is 0.336 e. The van der Waals surface area contributed by atoms with E-state index in [1.807, 2.05) is 0 Å². The van der Waals surface area contributed by atoms with Crippen LogP contribution in [0.1, 0.15) is 28.2 Å². The number of fused-ring (bicyclic) bond motifs is 2. The first kappa shape index (κ1) is 16.5. The van der Waals surface area contributed by atoms with Crippen LogP contribution in [-0.2, 0) is 11.2 Å². The number of hydrogen-bond donors (Lipinski definition) is 1. The molecule has 1 aliphatic rings. The van der Waals surface area contributed by atoms with Gasteiger partial charge in [-0.3, -0.25) is 14.9 Å². The van der Waals surface area contributed by atoms with Crippen molar-refractivity contribution < 1.29 is 18.7 Å². The Hall–Kier alpha value is -3.00. The number of nitrogens with zero attached hydrogens (tertiary/aromatic N) is 1. The van der Waals surface area contributed by atoms with Crippen LogP contribution in [0, 0.1) is 0 Å². The summed E-state index contributed by atoms with van der Waals surface area (Å²) < 4.78 is 10.5. The van der Waals surface area contributed by atoms with Gasteiger partial charge in [-0.15, -0.1) is 0 Å². The summed E-state index contributed by atoms with van der Waals surface area (Å²) in [5.74, 6) is 0.118. The predicted octanol–water partition coefficient (Wildman–Crippen LogP) is 2.79. The largest absolute Gasteiger partial charge is 0.484 e. The Morgan fingerprint density at radius 1 is 1.23 bits per heavy atom. The third-order valence-electron chi connectivity index (χ3n) is 3.98. The summed E-state index contributed by atoms with van der Waals surface area (Å²) >= 11 is 1.20. The Balaban J connectivity index is 1.41. The first-order valence-electron chi connectivity index (χ1n) is 8.08. The number of aromatic nitrogens is 1. The molecule has 1 aliphatic carbocycles. The number of benzene rings is 1. The van der Waals surface area contributed by atoms with Crippen LogP contribution in [0.3, 0.4) is 0 Å². The summed E-state index contributed by atoms with van der Waals surface area (Å²) in [7, 11) is 0. The number of thiazole rings is 1. The lowest BCUT2D eigenvalue weighted by atomic mass is 10.0. The zero-order chi connectivity index (χ0) is 18.1. The summed E-state index contributed by atoms with van der Waals surface area (Å²) in [6, 6.07) is 7.99. The number of aryl methyl sites for hydroxylation is 1. The molecule has 26 heavy (non-hydrogen) atoms. The van der Waals surface area contributed by atoms with E-state index in [0.29, 0.717) is 27.8 Å². The van der Waals surface area contributed by atoms with E-state index in [1.54, 1.807) is 24.3 Å². The smallest absolute Gasteiger partial charge is 0.336 e. The van der Waals surface area contributed by atoms with Gasteiger partial charge < -0.3 is 9.15 Å². The highest BCUT2D eigenvalue weighted by Crippen LogP contribution is 2.29. The number of rotatable bonds is 4. The number of Topliss-reactive ketones (excluding diaryl/α,β-unsaturated/α-hetero) is 1. The second-order valence-corrected chi connectivity index (χ2v) is 6.86. The van der Waals surface area contributed by atoms with Crippen LogP contribution in [0.5, 0.6) is 5.75 Å². The number of hydrogen-bond acceptors (Lipinski definition) is 7. The summed E-state index contributed by atoms with van der Waals surface area (Å²) in [6.45, 7) is -0.221. The van der Waals surface area contributed by atoms with Crippen LogP contribution >= 0.6 is 11.3 Å². The molecule has 2 heterocycles. The lowest BCUT2D eigenvalue weighted by molar-refractivity contribution is -0.118. The Morgan fingerprint density at radius 2 is 2.08 bits per heavy atom.